The second-order valence-corrected chi connectivity index (χ2v) is 11.0. The number of nitrogens with one attached hydrogen (secondary N) is 3. The van der Waals surface area contributed by atoms with Crippen molar-refractivity contribution in [2.75, 3.05) is 35.2 Å². The summed E-state index contributed by atoms with van der Waals surface area (Å²) in [6, 6.07) is 20.5. The van der Waals surface area contributed by atoms with Crippen molar-refractivity contribution in [2.45, 2.75) is 33.1 Å². The average molecular weight is 554 g/mol. The van der Waals surface area contributed by atoms with Gasteiger partial charge in [-0.1, -0.05) is 67.4 Å². The summed E-state index contributed by atoms with van der Waals surface area (Å²) in [7, 11) is 0. The second kappa shape index (κ2) is 13.0. The van der Waals surface area contributed by atoms with E-state index in [0.717, 1.165) is 38.0 Å². The van der Waals surface area contributed by atoms with E-state index in [2.05, 4.69) is 59.0 Å². The zero-order chi connectivity index (χ0) is 27.1. The molecule has 6 nitrogen and oxygen atoms in total. The minimum absolute atomic E-state index is 0.148. The number of carbonyl (C=O) groups excluding carboxylic acids is 2. The molecule has 3 aromatic rings. The second-order valence-electron chi connectivity index (χ2n) is 10.2. The molecule has 1 fully saturated rings. The van der Waals surface area contributed by atoms with Crippen molar-refractivity contribution in [1.82, 2.24) is 5.32 Å². The minimum Gasteiger partial charge on any atom is -0.371 e. The first-order valence-corrected chi connectivity index (χ1v) is 13.8. The summed E-state index contributed by atoms with van der Waals surface area (Å²) in [5.41, 5.74) is 3.77. The van der Waals surface area contributed by atoms with Gasteiger partial charge in [-0.3, -0.25) is 4.79 Å². The topological polar surface area (TPSA) is 73.5 Å². The zero-order valence-electron chi connectivity index (χ0n) is 21.8. The lowest BCUT2D eigenvalue weighted by Gasteiger charge is -2.35. The van der Waals surface area contributed by atoms with E-state index >= 15 is 0 Å². The van der Waals surface area contributed by atoms with Crippen molar-refractivity contribution in [1.29, 1.82) is 0 Å². The number of nitrogens with zero attached hydrogens (tertiary/aromatic N) is 1. The van der Waals surface area contributed by atoms with Crippen molar-refractivity contribution < 1.29 is 9.59 Å². The van der Waals surface area contributed by atoms with Crippen LogP contribution in [-0.2, 0) is 6.42 Å². The lowest BCUT2D eigenvalue weighted by Crippen LogP contribution is -2.36. The first-order valence-electron chi connectivity index (χ1n) is 13.0. The van der Waals surface area contributed by atoms with E-state index in [9.17, 15) is 9.59 Å². The number of urea groups is 1. The Morgan fingerprint density at radius 2 is 1.68 bits per heavy atom. The largest absolute Gasteiger partial charge is 0.371 e. The molecule has 1 heterocycles. The van der Waals surface area contributed by atoms with Crippen molar-refractivity contribution in [3.8, 4) is 0 Å². The number of hydrogen-bond acceptors (Lipinski definition) is 3. The van der Waals surface area contributed by atoms with Gasteiger partial charge in [0.05, 0.1) is 16.3 Å². The van der Waals surface area contributed by atoms with Gasteiger partial charge in [0.25, 0.3) is 5.91 Å². The quantitative estimate of drug-likeness (QED) is 0.271. The molecule has 3 amide bonds. The van der Waals surface area contributed by atoms with Gasteiger partial charge in [0.2, 0.25) is 0 Å². The van der Waals surface area contributed by atoms with Gasteiger partial charge in [-0.05, 0) is 73.1 Å². The number of benzene rings is 3. The summed E-state index contributed by atoms with van der Waals surface area (Å²) < 4.78 is 0. The monoisotopic (exact) mass is 552 g/mol. The number of rotatable bonds is 8. The van der Waals surface area contributed by atoms with Crippen LogP contribution in [0.15, 0.2) is 66.7 Å². The maximum atomic E-state index is 13.2. The highest BCUT2D eigenvalue weighted by Gasteiger charge is 2.24. The summed E-state index contributed by atoms with van der Waals surface area (Å²) in [6.45, 7) is 6.45. The fourth-order valence-electron chi connectivity index (χ4n) is 4.66. The Bertz CT molecular complexity index is 1260. The fourth-order valence-corrected chi connectivity index (χ4v) is 5.12. The van der Waals surface area contributed by atoms with E-state index < -0.39 is 6.03 Å². The van der Waals surface area contributed by atoms with Gasteiger partial charge in [0, 0.05) is 36.0 Å². The first-order chi connectivity index (χ1) is 18.3. The van der Waals surface area contributed by atoms with Crippen molar-refractivity contribution in [3.63, 3.8) is 0 Å². The van der Waals surface area contributed by atoms with E-state index in [1.807, 2.05) is 18.2 Å². The molecule has 8 heteroatoms. The number of halogens is 2. The molecule has 0 radical (unpaired) electrons. The molecule has 1 saturated heterocycles. The van der Waals surface area contributed by atoms with Crippen molar-refractivity contribution in [2.24, 2.45) is 11.8 Å². The molecule has 0 atom stereocenters. The van der Waals surface area contributed by atoms with Crippen LogP contribution in [0.4, 0.5) is 21.9 Å². The molecular weight excluding hydrogens is 519 g/mol. The van der Waals surface area contributed by atoms with E-state index in [1.165, 1.54) is 5.56 Å². The van der Waals surface area contributed by atoms with E-state index in [1.54, 1.807) is 24.3 Å². The SMILES string of the molecule is CC(C)CNC(=O)c1cc(NC(=O)Nc2ccc(Cl)cc2Cl)ccc1N1CCC(Cc2ccccc2)CC1. The maximum absolute atomic E-state index is 13.2. The predicted octanol–water partition coefficient (Wildman–Crippen LogP) is 7.48. The summed E-state index contributed by atoms with van der Waals surface area (Å²) in [5, 5.41) is 9.40. The summed E-state index contributed by atoms with van der Waals surface area (Å²) in [5.74, 6) is 0.799. The van der Waals surface area contributed by atoms with Crippen LogP contribution in [0.1, 0.15) is 42.6 Å². The number of carbonyl (C=O) groups is 2. The van der Waals surface area contributed by atoms with E-state index in [4.69, 9.17) is 23.2 Å². The number of anilines is 3. The lowest BCUT2D eigenvalue weighted by molar-refractivity contribution is 0.0949. The molecular formula is C30H34Cl2N4O2. The standard InChI is InChI=1S/C30H34Cl2N4O2/c1-20(2)19-33-29(37)25-18-24(34-30(38)35-27-10-8-23(31)17-26(27)32)9-11-28(25)36-14-12-22(13-15-36)16-21-6-4-3-5-7-21/h3-11,17-18,20,22H,12-16,19H2,1-2H3,(H,33,37)(H2,34,35,38). The van der Waals surface area contributed by atoms with Crippen LogP contribution in [0.3, 0.4) is 0 Å². The predicted molar refractivity (Wildman–Crippen MR) is 158 cm³/mol. The smallest absolute Gasteiger partial charge is 0.323 e. The third-order valence-corrected chi connectivity index (χ3v) is 7.22. The highest BCUT2D eigenvalue weighted by molar-refractivity contribution is 6.36. The molecule has 0 spiro atoms. The minimum atomic E-state index is -0.461. The molecule has 4 rings (SSSR count). The van der Waals surface area contributed by atoms with Crippen LogP contribution >= 0.6 is 23.2 Å². The highest BCUT2D eigenvalue weighted by Crippen LogP contribution is 2.31. The molecule has 200 valence electrons. The Kier molecular flexibility index (Phi) is 9.53. The molecule has 3 N–H and O–H groups in total. The van der Waals surface area contributed by atoms with Gasteiger partial charge in [-0.15, -0.1) is 0 Å². The van der Waals surface area contributed by atoms with Gasteiger partial charge in [0.15, 0.2) is 0 Å². The van der Waals surface area contributed by atoms with Crippen LogP contribution < -0.4 is 20.9 Å². The highest BCUT2D eigenvalue weighted by atomic mass is 35.5. The fraction of sp³-hybridized carbons (Fsp3) is 0.333. The first kappa shape index (κ1) is 27.8. The molecule has 1 aliphatic rings. The van der Waals surface area contributed by atoms with E-state index in [0.29, 0.717) is 45.4 Å². The Balaban J connectivity index is 1.47. The Labute approximate surface area is 234 Å². The van der Waals surface area contributed by atoms with Crippen LogP contribution in [0.2, 0.25) is 10.0 Å². The summed E-state index contributed by atoms with van der Waals surface area (Å²) >= 11 is 12.1. The normalized spacial score (nSPS) is 13.9. The van der Waals surface area contributed by atoms with Gasteiger partial charge in [-0.2, -0.15) is 0 Å². The lowest BCUT2D eigenvalue weighted by atomic mass is 9.89. The molecule has 0 unspecified atom stereocenters. The Morgan fingerprint density at radius 1 is 0.947 bits per heavy atom. The molecule has 0 aromatic heterocycles. The van der Waals surface area contributed by atoms with Gasteiger partial charge in [0.1, 0.15) is 0 Å². The van der Waals surface area contributed by atoms with Crippen molar-refractivity contribution in [3.05, 3.63) is 87.9 Å². The average Bonchev–Trinajstić information content (AvgIpc) is 2.90. The van der Waals surface area contributed by atoms with Crippen LogP contribution in [0, 0.1) is 11.8 Å². The van der Waals surface area contributed by atoms with Crippen LogP contribution in [-0.4, -0.2) is 31.6 Å². The number of piperidine rings is 1. The molecule has 0 bridgehead atoms. The molecule has 38 heavy (non-hydrogen) atoms. The van der Waals surface area contributed by atoms with Crippen LogP contribution in [0.5, 0.6) is 0 Å². The Hall–Kier alpha value is -3.22. The zero-order valence-corrected chi connectivity index (χ0v) is 23.3. The van der Waals surface area contributed by atoms with Gasteiger partial charge >= 0.3 is 6.03 Å². The Morgan fingerprint density at radius 3 is 2.37 bits per heavy atom. The molecule has 0 aliphatic carbocycles. The summed E-state index contributed by atoms with van der Waals surface area (Å²) in [4.78, 5) is 28.2. The third-order valence-electron chi connectivity index (χ3n) is 6.67. The maximum Gasteiger partial charge on any atom is 0.323 e. The molecule has 1 aliphatic heterocycles. The van der Waals surface area contributed by atoms with Crippen LogP contribution in [0.25, 0.3) is 0 Å². The summed E-state index contributed by atoms with van der Waals surface area (Å²) in [6.07, 6.45) is 3.20. The van der Waals surface area contributed by atoms with Gasteiger partial charge < -0.3 is 20.9 Å². The third kappa shape index (κ3) is 7.65. The molecule has 3 aromatic carbocycles. The van der Waals surface area contributed by atoms with Crippen molar-refractivity contribution >= 4 is 52.2 Å². The number of hydrogen-bond donors (Lipinski definition) is 3. The van der Waals surface area contributed by atoms with Gasteiger partial charge in [-0.25, -0.2) is 4.79 Å². The number of amides is 3. The molecule has 0 saturated carbocycles. The van der Waals surface area contributed by atoms with E-state index in [-0.39, 0.29) is 5.91 Å².